The molecule has 1 aromatic heterocycles. The van der Waals surface area contributed by atoms with Crippen LogP contribution in [0.15, 0.2) is 18.3 Å². The molecule has 0 aromatic carbocycles. The van der Waals surface area contributed by atoms with Crippen LogP contribution in [0.25, 0.3) is 0 Å². The lowest BCUT2D eigenvalue weighted by atomic mass is 10.3. The molecule has 1 aliphatic carbocycles. The molecule has 18 heavy (non-hydrogen) atoms. The molecule has 1 heterocycles. The zero-order chi connectivity index (χ0) is 13.0. The van der Waals surface area contributed by atoms with Crippen molar-refractivity contribution >= 4 is 23.3 Å². The van der Waals surface area contributed by atoms with Crippen LogP contribution in [-0.4, -0.2) is 16.8 Å². The molecule has 96 valence electrons. The Morgan fingerprint density at radius 1 is 1.33 bits per heavy atom. The van der Waals surface area contributed by atoms with E-state index in [9.17, 15) is 9.59 Å². The number of nitrogens with one attached hydrogen (secondary N) is 2. The normalized spacial score (nSPS) is 14.1. The summed E-state index contributed by atoms with van der Waals surface area (Å²) in [7, 11) is 0. The summed E-state index contributed by atoms with van der Waals surface area (Å²) >= 11 is 0. The topological polar surface area (TPSA) is 71.1 Å². The second-order valence-electron chi connectivity index (χ2n) is 4.49. The van der Waals surface area contributed by atoms with Gasteiger partial charge in [-0.15, -0.1) is 0 Å². The average Bonchev–Trinajstić information content (AvgIpc) is 3.16. The van der Waals surface area contributed by atoms with Crippen LogP contribution in [0.3, 0.4) is 0 Å². The fraction of sp³-hybridized carbons (Fsp3) is 0.462. The molecule has 0 bridgehead atoms. The van der Waals surface area contributed by atoms with Crippen molar-refractivity contribution in [2.75, 3.05) is 10.6 Å². The van der Waals surface area contributed by atoms with Crippen LogP contribution in [0.4, 0.5) is 11.5 Å². The predicted molar refractivity (Wildman–Crippen MR) is 69.1 cm³/mol. The first-order chi connectivity index (χ1) is 8.69. The number of carbonyl (C=O) groups is 2. The largest absolute Gasteiger partial charge is 0.325 e. The van der Waals surface area contributed by atoms with Gasteiger partial charge in [0.1, 0.15) is 5.82 Å². The lowest BCUT2D eigenvalue weighted by Crippen LogP contribution is -2.15. The van der Waals surface area contributed by atoms with Gasteiger partial charge in [-0.05, 0) is 31.4 Å². The van der Waals surface area contributed by atoms with E-state index < -0.39 is 0 Å². The molecule has 1 fully saturated rings. The maximum absolute atomic E-state index is 11.5. The number of rotatable bonds is 5. The van der Waals surface area contributed by atoms with Crippen LogP contribution >= 0.6 is 0 Å². The van der Waals surface area contributed by atoms with Crippen molar-refractivity contribution in [2.24, 2.45) is 5.92 Å². The lowest BCUT2D eigenvalue weighted by molar-refractivity contribution is -0.117. The predicted octanol–water partition coefficient (Wildman–Crippen LogP) is 2.17. The standard InChI is InChI=1S/C13H17N3O2/c1-2-3-12(17)15-10-6-7-11(14-8-10)16-13(18)9-4-5-9/h6-9H,2-5H2,1H3,(H,15,17)(H,14,16,18). The molecule has 2 amide bonds. The van der Waals surface area contributed by atoms with E-state index in [4.69, 9.17) is 0 Å². The highest BCUT2D eigenvalue weighted by molar-refractivity contribution is 5.94. The molecular weight excluding hydrogens is 230 g/mol. The van der Waals surface area contributed by atoms with Crippen molar-refractivity contribution in [1.29, 1.82) is 0 Å². The van der Waals surface area contributed by atoms with Gasteiger partial charge in [0.05, 0.1) is 11.9 Å². The van der Waals surface area contributed by atoms with Gasteiger partial charge >= 0.3 is 0 Å². The van der Waals surface area contributed by atoms with Gasteiger partial charge in [0, 0.05) is 12.3 Å². The molecule has 0 aliphatic heterocycles. The number of pyridine rings is 1. The summed E-state index contributed by atoms with van der Waals surface area (Å²) in [5, 5.41) is 5.49. The van der Waals surface area contributed by atoms with Gasteiger partial charge < -0.3 is 10.6 Å². The molecule has 5 nitrogen and oxygen atoms in total. The van der Waals surface area contributed by atoms with Crippen molar-refractivity contribution in [3.8, 4) is 0 Å². The van der Waals surface area contributed by atoms with E-state index in [1.807, 2.05) is 6.92 Å². The van der Waals surface area contributed by atoms with Gasteiger partial charge in [0.15, 0.2) is 0 Å². The van der Waals surface area contributed by atoms with E-state index in [-0.39, 0.29) is 17.7 Å². The lowest BCUT2D eigenvalue weighted by Gasteiger charge is -2.06. The van der Waals surface area contributed by atoms with Crippen molar-refractivity contribution in [1.82, 2.24) is 4.98 Å². The maximum Gasteiger partial charge on any atom is 0.228 e. The third kappa shape index (κ3) is 3.55. The number of carbonyl (C=O) groups excluding carboxylic acids is 2. The summed E-state index contributed by atoms with van der Waals surface area (Å²) in [6, 6.07) is 3.44. The Bertz CT molecular complexity index is 438. The summed E-state index contributed by atoms with van der Waals surface area (Å²) in [6.45, 7) is 1.95. The second kappa shape index (κ2) is 5.62. The average molecular weight is 247 g/mol. The Labute approximate surface area is 106 Å². The first kappa shape index (κ1) is 12.5. The van der Waals surface area contributed by atoms with E-state index >= 15 is 0 Å². The molecule has 5 heteroatoms. The quantitative estimate of drug-likeness (QED) is 0.837. The summed E-state index contributed by atoms with van der Waals surface area (Å²) in [6.07, 6.45) is 4.80. The van der Waals surface area contributed by atoms with Crippen molar-refractivity contribution < 1.29 is 9.59 Å². The summed E-state index contributed by atoms with van der Waals surface area (Å²) in [5.41, 5.74) is 0.651. The van der Waals surface area contributed by atoms with Crippen LogP contribution in [0.5, 0.6) is 0 Å². The van der Waals surface area contributed by atoms with E-state index in [2.05, 4.69) is 15.6 Å². The highest BCUT2D eigenvalue weighted by atomic mass is 16.2. The highest BCUT2D eigenvalue weighted by Gasteiger charge is 2.29. The molecule has 0 radical (unpaired) electrons. The fourth-order valence-electron chi connectivity index (χ4n) is 1.57. The number of aromatic nitrogens is 1. The summed E-state index contributed by atoms with van der Waals surface area (Å²) in [4.78, 5) is 27.0. The van der Waals surface area contributed by atoms with E-state index in [1.54, 1.807) is 18.3 Å². The van der Waals surface area contributed by atoms with Crippen LogP contribution < -0.4 is 10.6 Å². The molecule has 0 atom stereocenters. The van der Waals surface area contributed by atoms with E-state index in [0.29, 0.717) is 17.9 Å². The van der Waals surface area contributed by atoms with Crippen LogP contribution in [-0.2, 0) is 9.59 Å². The van der Waals surface area contributed by atoms with Crippen LogP contribution in [0, 0.1) is 5.92 Å². The molecule has 1 aliphatic rings. The Morgan fingerprint density at radius 2 is 2.11 bits per heavy atom. The molecule has 0 spiro atoms. The minimum absolute atomic E-state index is 0.0194. The van der Waals surface area contributed by atoms with Crippen molar-refractivity contribution in [3.63, 3.8) is 0 Å². The first-order valence-electron chi connectivity index (χ1n) is 6.26. The number of amides is 2. The number of nitrogens with zero attached hydrogens (tertiary/aromatic N) is 1. The number of hydrogen-bond acceptors (Lipinski definition) is 3. The van der Waals surface area contributed by atoms with Crippen molar-refractivity contribution in [2.45, 2.75) is 32.6 Å². The first-order valence-corrected chi connectivity index (χ1v) is 6.26. The van der Waals surface area contributed by atoms with Gasteiger partial charge in [-0.25, -0.2) is 4.98 Å². The van der Waals surface area contributed by atoms with Crippen LogP contribution in [0.1, 0.15) is 32.6 Å². The van der Waals surface area contributed by atoms with E-state index in [1.165, 1.54) is 0 Å². The minimum atomic E-state index is -0.0194. The molecule has 2 N–H and O–H groups in total. The molecule has 0 unspecified atom stereocenters. The summed E-state index contributed by atoms with van der Waals surface area (Å²) in [5.74, 6) is 0.704. The number of hydrogen-bond donors (Lipinski definition) is 2. The Morgan fingerprint density at radius 3 is 2.67 bits per heavy atom. The Hall–Kier alpha value is -1.91. The molecule has 1 aromatic rings. The van der Waals surface area contributed by atoms with Gasteiger partial charge in [-0.3, -0.25) is 9.59 Å². The fourth-order valence-corrected chi connectivity index (χ4v) is 1.57. The minimum Gasteiger partial charge on any atom is -0.325 e. The molecule has 2 rings (SSSR count). The van der Waals surface area contributed by atoms with Gasteiger partial charge in [-0.1, -0.05) is 6.92 Å². The molecule has 0 saturated heterocycles. The Kier molecular flexibility index (Phi) is 3.92. The SMILES string of the molecule is CCCC(=O)Nc1ccc(NC(=O)C2CC2)nc1. The molecule has 1 saturated carbocycles. The zero-order valence-electron chi connectivity index (χ0n) is 10.4. The maximum atomic E-state index is 11.5. The third-order valence-electron chi connectivity index (χ3n) is 2.72. The third-order valence-corrected chi connectivity index (χ3v) is 2.72. The second-order valence-corrected chi connectivity index (χ2v) is 4.49. The molecular formula is C13H17N3O2. The van der Waals surface area contributed by atoms with Gasteiger partial charge in [0.25, 0.3) is 0 Å². The Balaban J connectivity index is 1.88. The van der Waals surface area contributed by atoms with Crippen LogP contribution in [0.2, 0.25) is 0 Å². The van der Waals surface area contributed by atoms with Gasteiger partial charge in [0.2, 0.25) is 11.8 Å². The number of anilines is 2. The summed E-state index contributed by atoms with van der Waals surface area (Å²) < 4.78 is 0. The smallest absolute Gasteiger partial charge is 0.228 e. The highest BCUT2D eigenvalue weighted by Crippen LogP contribution is 2.29. The van der Waals surface area contributed by atoms with Crippen molar-refractivity contribution in [3.05, 3.63) is 18.3 Å². The zero-order valence-corrected chi connectivity index (χ0v) is 10.4. The van der Waals surface area contributed by atoms with E-state index in [0.717, 1.165) is 19.3 Å². The van der Waals surface area contributed by atoms with Gasteiger partial charge in [-0.2, -0.15) is 0 Å². The monoisotopic (exact) mass is 247 g/mol.